The molecule has 0 spiro atoms. The molecule has 362 valence electrons. The number of pyridine rings is 1. The fraction of sp³-hybridized carbons (Fsp3) is 0.510. The summed E-state index contributed by atoms with van der Waals surface area (Å²) in [5.74, 6) is 0.822. The van der Waals surface area contributed by atoms with E-state index in [0.717, 1.165) is 87.7 Å². The Bertz CT molecular complexity index is 2130. The topological polar surface area (TPSA) is 206 Å². The number of rotatable bonds is 19. The summed E-state index contributed by atoms with van der Waals surface area (Å²) in [6, 6.07) is 18.9. The number of carbonyl (C=O) groups excluding carboxylic acids is 3. The second kappa shape index (κ2) is 24.8. The number of carbonyl (C=O) groups is 3. The number of aromatic nitrogens is 1. The van der Waals surface area contributed by atoms with Gasteiger partial charge in [-0.3, -0.25) is 9.59 Å². The zero-order chi connectivity index (χ0) is 46.5. The number of ether oxygens (including phenoxy) is 2. The van der Waals surface area contributed by atoms with Gasteiger partial charge in [0.15, 0.2) is 0 Å². The number of nitrogens with zero attached hydrogens (tertiary/aromatic N) is 4. The number of hydrogen-bond donors (Lipinski definition) is 6. The minimum Gasteiger partial charge on any atom is -0.488 e. The predicted octanol–water partition coefficient (Wildman–Crippen LogP) is 5.43. The molecule has 8 rings (SSSR count). The summed E-state index contributed by atoms with van der Waals surface area (Å²) in [5, 5.41) is 9.10. The molecule has 4 heterocycles. The Morgan fingerprint density at radius 3 is 2.27 bits per heavy atom. The molecule has 5 fully saturated rings. The Kier molecular flexibility index (Phi) is 19.0. The molecular formula is C51H71N10O5W-. The van der Waals surface area contributed by atoms with Gasteiger partial charge < -0.3 is 68.5 Å². The normalized spacial score (nSPS) is 20.1. The van der Waals surface area contributed by atoms with E-state index >= 15 is 0 Å². The van der Waals surface area contributed by atoms with Crippen molar-refractivity contribution < 1.29 is 44.9 Å². The average Bonchev–Trinajstić information content (AvgIpc) is 3.56. The van der Waals surface area contributed by atoms with Gasteiger partial charge in [0.25, 0.3) is 0 Å². The van der Waals surface area contributed by atoms with Crippen LogP contribution in [0.2, 0.25) is 0 Å². The van der Waals surface area contributed by atoms with Gasteiger partial charge in [-0.15, -0.1) is 0 Å². The molecule has 3 unspecified atom stereocenters. The van der Waals surface area contributed by atoms with Crippen LogP contribution in [0.3, 0.4) is 0 Å². The summed E-state index contributed by atoms with van der Waals surface area (Å²) in [6.45, 7) is 5.01. The first-order valence-electron chi connectivity index (χ1n) is 24.0. The average molecular weight is 1090 g/mol. The van der Waals surface area contributed by atoms with Gasteiger partial charge in [-0.25, -0.2) is 4.98 Å². The maximum atomic E-state index is 13.5. The van der Waals surface area contributed by atoms with Crippen LogP contribution in [0.5, 0.6) is 11.6 Å². The van der Waals surface area contributed by atoms with Crippen LogP contribution in [0.4, 0.5) is 11.4 Å². The number of piperazine rings is 1. The van der Waals surface area contributed by atoms with Crippen molar-refractivity contribution in [3.63, 3.8) is 0 Å². The van der Waals surface area contributed by atoms with E-state index in [1.807, 2.05) is 74.9 Å². The Morgan fingerprint density at radius 2 is 1.69 bits per heavy atom. The molecule has 2 saturated carbocycles. The molecule has 2 amide bonds. The fourth-order valence-corrected chi connectivity index (χ4v) is 9.27. The predicted molar refractivity (Wildman–Crippen MR) is 260 cm³/mol. The van der Waals surface area contributed by atoms with Crippen LogP contribution in [0.25, 0.3) is 5.70 Å². The van der Waals surface area contributed by atoms with E-state index in [9.17, 15) is 14.4 Å². The van der Waals surface area contributed by atoms with Crippen molar-refractivity contribution in [1.29, 1.82) is 0 Å². The number of benzene rings is 2. The van der Waals surface area contributed by atoms with Gasteiger partial charge in [0.2, 0.25) is 17.7 Å². The van der Waals surface area contributed by atoms with E-state index in [-0.39, 0.29) is 63.5 Å². The fourth-order valence-electron chi connectivity index (χ4n) is 9.27. The van der Waals surface area contributed by atoms with Gasteiger partial charge in [0.1, 0.15) is 42.0 Å². The van der Waals surface area contributed by atoms with Gasteiger partial charge in [0, 0.05) is 81.1 Å². The Labute approximate surface area is 411 Å². The molecule has 0 radical (unpaired) electrons. The number of likely N-dealkylation sites (tertiary alicyclic amines) is 1. The minimum absolute atomic E-state index is 0. The molecule has 9 N–H and O–H groups in total. The number of nitrogens with one attached hydrogen (secondary N) is 3. The third-order valence-electron chi connectivity index (χ3n) is 13.5. The molecule has 5 aliphatic rings. The Hall–Kier alpha value is -5.11. The number of hydrogen-bond acceptors (Lipinski definition) is 13. The van der Waals surface area contributed by atoms with Gasteiger partial charge in [-0.2, -0.15) is 12.8 Å². The second-order valence-corrected chi connectivity index (χ2v) is 18.7. The van der Waals surface area contributed by atoms with E-state index in [1.165, 1.54) is 32.4 Å². The molecule has 3 atom stereocenters. The molecule has 3 saturated heterocycles. The van der Waals surface area contributed by atoms with Gasteiger partial charge in [-0.1, -0.05) is 30.7 Å². The molecular weight excluding hydrogens is 1020 g/mol. The number of unbranched alkanes of at least 4 members (excludes halogenated alkanes) is 1. The minimum atomic E-state index is -1.02. The van der Waals surface area contributed by atoms with Crippen molar-refractivity contribution in [2.24, 2.45) is 22.6 Å². The summed E-state index contributed by atoms with van der Waals surface area (Å²) in [7, 11) is 4.00. The molecule has 2 bridgehead atoms. The van der Waals surface area contributed by atoms with E-state index in [0.29, 0.717) is 48.0 Å². The number of anilines is 2. The zero-order valence-electron chi connectivity index (χ0n) is 39.3. The maximum absolute atomic E-state index is 13.5. The maximum Gasteiger partial charge on any atom is 0.246 e. The van der Waals surface area contributed by atoms with Crippen molar-refractivity contribution in [2.45, 2.75) is 114 Å². The van der Waals surface area contributed by atoms with Crippen molar-refractivity contribution in [3.8, 4) is 11.6 Å². The van der Waals surface area contributed by atoms with Crippen LogP contribution < -0.4 is 47.5 Å². The Balaban J connectivity index is 0.000000980. The van der Waals surface area contributed by atoms with Crippen LogP contribution in [0, 0.1) is 11.8 Å². The van der Waals surface area contributed by atoms with Crippen molar-refractivity contribution in [3.05, 3.63) is 102 Å². The van der Waals surface area contributed by atoms with Crippen molar-refractivity contribution >= 4 is 35.2 Å². The van der Waals surface area contributed by atoms with E-state index in [2.05, 4.69) is 54.2 Å². The summed E-state index contributed by atoms with van der Waals surface area (Å²) in [4.78, 5) is 49.6. The number of allylic oxidation sites excluding steroid dienone is 1. The molecule has 16 heteroatoms. The van der Waals surface area contributed by atoms with Crippen LogP contribution in [0.1, 0.15) is 94.6 Å². The van der Waals surface area contributed by atoms with E-state index in [1.54, 1.807) is 0 Å². The molecule has 2 aliphatic carbocycles. The standard InChI is InChI=1S/C46H61N9O5.C5H10N.W/c1-53(2)24-6-5-12-39(52-45(58)46(30-56)21-8-22-46)44(57)51-32-16-14-31(15-17-32)29-59-41-13-4-3-11-37(41)38(47)26-40(43(48)49)54-27-34-18-19-35(28-54)55(34)33-20-23-50-42(25-33)60-36-9-7-10-36;1-2-4-6-5-3-1;/h3-4,11,13-17,20,23,25-26,30,34-36,39H,5-10,12,18-19,21-22,24,27-29,47-49H2,1-2H3,(H,51,57)(H,52,58);1,6H,2-5H2;/q;-1;/b38-26-;;. The smallest absolute Gasteiger partial charge is 0.246 e. The van der Waals surface area contributed by atoms with Gasteiger partial charge >= 0.3 is 0 Å². The molecule has 3 aliphatic heterocycles. The monoisotopic (exact) mass is 1090 g/mol. The molecule has 3 aromatic rings. The van der Waals surface area contributed by atoms with Crippen molar-refractivity contribution in [1.82, 2.24) is 25.4 Å². The molecule has 15 nitrogen and oxygen atoms in total. The number of piperidine rings is 1. The van der Waals surface area contributed by atoms with Crippen LogP contribution >= 0.6 is 0 Å². The molecule has 2 aromatic carbocycles. The summed E-state index contributed by atoms with van der Waals surface area (Å²) in [5.41, 5.74) is 23.0. The first-order chi connectivity index (χ1) is 32.0. The van der Waals surface area contributed by atoms with Crippen LogP contribution in [-0.2, 0) is 42.1 Å². The number of aldehydes is 1. The van der Waals surface area contributed by atoms with Crippen LogP contribution in [-0.4, -0.2) is 104 Å². The SMILES string of the molecule is CN(C)CCCCC(NC(=O)C1(C=O)CCC1)C(=O)Nc1ccc(COc2ccccc2/C(N)=C/C(=C(N)N)N2CC3CCC(C2)N3c2ccnc(OC3CCC3)c2)cc1.[CH-]1CCNCC1.[W]. The van der Waals surface area contributed by atoms with Gasteiger partial charge in [0.05, 0.1) is 5.70 Å². The van der Waals surface area contributed by atoms with Gasteiger partial charge in [-0.05, 0) is 140 Å². The molecule has 1 aromatic heterocycles. The third-order valence-corrected chi connectivity index (χ3v) is 13.5. The second-order valence-electron chi connectivity index (χ2n) is 18.7. The van der Waals surface area contributed by atoms with E-state index in [4.69, 9.17) is 26.7 Å². The number of para-hydroxylation sites is 1. The summed E-state index contributed by atoms with van der Waals surface area (Å²) >= 11 is 0. The zero-order valence-corrected chi connectivity index (χ0v) is 42.2. The quantitative estimate of drug-likeness (QED) is 0.0292. The molecule has 67 heavy (non-hydrogen) atoms. The number of amides is 2. The Morgan fingerprint density at radius 1 is 0.970 bits per heavy atom. The summed E-state index contributed by atoms with van der Waals surface area (Å²) in [6.07, 6.45) is 19.0. The first kappa shape index (κ1) is 51.3. The summed E-state index contributed by atoms with van der Waals surface area (Å²) < 4.78 is 12.4. The van der Waals surface area contributed by atoms with Crippen LogP contribution in [0.15, 0.2) is 84.5 Å². The first-order valence-corrected chi connectivity index (χ1v) is 24.0. The number of nitrogens with two attached hydrogens (primary N) is 3. The number of fused-ring (bicyclic) bond motifs is 2. The largest absolute Gasteiger partial charge is 0.488 e. The van der Waals surface area contributed by atoms with E-state index < -0.39 is 11.5 Å². The van der Waals surface area contributed by atoms with Crippen molar-refractivity contribution in [2.75, 3.05) is 57.0 Å². The third kappa shape index (κ3) is 13.8.